The average molecular weight is 288 g/mol. The SMILES string of the molecule is CN(CC(C)(C)O)C(=O)N1CCC(OCC(=O)O)CC1. The average Bonchev–Trinajstić information content (AvgIpc) is 2.34. The maximum Gasteiger partial charge on any atom is 0.329 e. The van der Waals surface area contributed by atoms with Gasteiger partial charge >= 0.3 is 12.0 Å². The van der Waals surface area contributed by atoms with Crippen LogP contribution in [-0.2, 0) is 9.53 Å². The number of likely N-dealkylation sites (tertiary alicyclic amines) is 1. The molecule has 0 spiro atoms. The lowest BCUT2D eigenvalue weighted by atomic mass is 10.1. The third kappa shape index (κ3) is 5.75. The molecule has 1 saturated heterocycles. The number of aliphatic carboxylic acids is 1. The van der Waals surface area contributed by atoms with Gasteiger partial charge in [-0.1, -0.05) is 0 Å². The summed E-state index contributed by atoms with van der Waals surface area (Å²) in [5.41, 5.74) is -0.923. The molecule has 20 heavy (non-hydrogen) atoms. The fraction of sp³-hybridized carbons (Fsp3) is 0.846. The molecule has 0 saturated carbocycles. The minimum Gasteiger partial charge on any atom is -0.480 e. The van der Waals surface area contributed by atoms with E-state index in [1.165, 1.54) is 4.90 Å². The molecule has 7 nitrogen and oxygen atoms in total. The molecule has 116 valence electrons. The van der Waals surface area contributed by atoms with Gasteiger partial charge in [0.05, 0.1) is 18.2 Å². The van der Waals surface area contributed by atoms with Crippen molar-refractivity contribution in [2.24, 2.45) is 0 Å². The summed E-state index contributed by atoms with van der Waals surface area (Å²) in [7, 11) is 1.66. The molecule has 0 aromatic heterocycles. The van der Waals surface area contributed by atoms with Gasteiger partial charge in [-0.05, 0) is 26.7 Å². The van der Waals surface area contributed by atoms with Gasteiger partial charge in [0.15, 0.2) is 0 Å². The molecule has 7 heteroatoms. The predicted octanol–water partition coefficient (Wildman–Crippen LogP) is 0.375. The number of rotatable bonds is 5. The lowest BCUT2D eigenvalue weighted by Crippen LogP contribution is -2.49. The van der Waals surface area contributed by atoms with E-state index >= 15 is 0 Å². The van der Waals surface area contributed by atoms with Gasteiger partial charge < -0.3 is 24.7 Å². The summed E-state index contributed by atoms with van der Waals surface area (Å²) in [5.74, 6) is -0.978. The van der Waals surface area contributed by atoms with Crippen LogP contribution in [0, 0.1) is 0 Å². The van der Waals surface area contributed by atoms with Crippen LogP contribution >= 0.6 is 0 Å². The van der Waals surface area contributed by atoms with Gasteiger partial charge in [-0.3, -0.25) is 0 Å². The van der Waals surface area contributed by atoms with Crippen molar-refractivity contribution in [2.45, 2.75) is 38.4 Å². The molecule has 1 aliphatic rings. The fourth-order valence-electron chi connectivity index (χ4n) is 2.29. The van der Waals surface area contributed by atoms with E-state index in [0.29, 0.717) is 25.9 Å². The van der Waals surface area contributed by atoms with Crippen LogP contribution in [0.2, 0.25) is 0 Å². The van der Waals surface area contributed by atoms with Gasteiger partial charge in [0.2, 0.25) is 0 Å². The molecular formula is C13H24N2O5. The van der Waals surface area contributed by atoms with Gasteiger partial charge in [-0.15, -0.1) is 0 Å². The van der Waals surface area contributed by atoms with Crippen molar-refractivity contribution in [3.05, 3.63) is 0 Å². The number of ether oxygens (including phenoxy) is 1. The zero-order chi connectivity index (χ0) is 15.3. The van der Waals surface area contributed by atoms with Crippen molar-refractivity contribution in [3.63, 3.8) is 0 Å². The Morgan fingerprint density at radius 2 is 1.90 bits per heavy atom. The van der Waals surface area contributed by atoms with Crippen molar-refractivity contribution in [1.82, 2.24) is 9.80 Å². The zero-order valence-corrected chi connectivity index (χ0v) is 12.3. The van der Waals surface area contributed by atoms with Gasteiger partial charge in [-0.25, -0.2) is 9.59 Å². The van der Waals surface area contributed by atoms with Crippen molar-refractivity contribution in [1.29, 1.82) is 0 Å². The molecule has 0 radical (unpaired) electrons. The van der Waals surface area contributed by atoms with E-state index in [1.807, 2.05) is 0 Å². The summed E-state index contributed by atoms with van der Waals surface area (Å²) < 4.78 is 5.22. The Morgan fingerprint density at radius 3 is 2.35 bits per heavy atom. The van der Waals surface area contributed by atoms with Crippen molar-refractivity contribution in [2.75, 3.05) is 33.3 Å². The number of urea groups is 1. The molecule has 0 bridgehead atoms. The standard InChI is InChI=1S/C13H24N2O5/c1-13(2,19)9-14(3)12(18)15-6-4-10(5-7-15)20-8-11(16)17/h10,19H,4-9H2,1-3H3,(H,16,17). The highest BCUT2D eigenvalue weighted by atomic mass is 16.5. The maximum atomic E-state index is 12.2. The van der Waals surface area contributed by atoms with Crippen molar-refractivity contribution < 1.29 is 24.5 Å². The number of aliphatic hydroxyl groups is 1. The van der Waals surface area contributed by atoms with E-state index in [-0.39, 0.29) is 25.3 Å². The molecule has 0 aliphatic carbocycles. The highest BCUT2D eigenvalue weighted by Gasteiger charge is 2.27. The fourth-order valence-corrected chi connectivity index (χ4v) is 2.29. The van der Waals surface area contributed by atoms with E-state index in [4.69, 9.17) is 9.84 Å². The minimum atomic E-state index is -0.978. The lowest BCUT2D eigenvalue weighted by Gasteiger charge is -2.35. The Hall–Kier alpha value is -1.34. The molecule has 1 fully saturated rings. The second kappa shape index (κ2) is 6.90. The number of nitrogens with zero attached hydrogens (tertiary/aromatic N) is 2. The monoisotopic (exact) mass is 288 g/mol. The first kappa shape index (κ1) is 16.7. The van der Waals surface area contributed by atoms with E-state index in [0.717, 1.165) is 0 Å². The smallest absolute Gasteiger partial charge is 0.329 e. The summed E-state index contributed by atoms with van der Waals surface area (Å²) in [5, 5.41) is 18.3. The molecule has 2 amide bonds. The van der Waals surface area contributed by atoms with Crippen molar-refractivity contribution >= 4 is 12.0 Å². The predicted molar refractivity (Wildman–Crippen MR) is 72.5 cm³/mol. The van der Waals surface area contributed by atoms with E-state index in [9.17, 15) is 14.7 Å². The first-order chi connectivity index (χ1) is 9.19. The third-order valence-corrected chi connectivity index (χ3v) is 3.11. The normalized spacial score (nSPS) is 17.1. The second-order valence-electron chi connectivity index (χ2n) is 5.84. The first-order valence-electron chi connectivity index (χ1n) is 6.75. The number of hydrogen-bond acceptors (Lipinski definition) is 4. The molecule has 0 aromatic rings. The Balaban J connectivity index is 2.37. The number of piperidine rings is 1. The quantitative estimate of drug-likeness (QED) is 0.763. The van der Waals surface area contributed by atoms with Crippen LogP contribution in [0.25, 0.3) is 0 Å². The highest BCUT2D eigenvalue weighted by Crippen LogP contribution is 2.15. The summed E-state index contributed by atoms with van der Waals surface area (Å²) in [6.07, 6.45) is 1.17. The Bertz CT molecular complexity index is 345. The van der Waals surface area contributed by atoms with Gasteiger partial charge in [0, 0.05) is 20.1 Å². The minimum absolute atomic E-state index is 0.102. The Kier molecular flexibility index (Phi) is 5.76. The van der Waals surface area contributed by atoms with Crippen LogP contribution in [0.4, 0.5) is 4.79 Å². The summed E-state index contributed by atoms with van der Waals surface area (Å²) in [6, 6.07) is -0.121. The Labute approximate surface area is 119 Å². The third-order valence-electron chi connectivity index (χ3n) is 3.11. The number of carbonyl (C=O) groups is 2. The van der Waals surface area contributed by atoms with Crippen LogP contribution in [-0.4, -0.2) is 77.0 Å². The molecule has 2 N–H and O–H groups in total. The largest absolute Gasteiger partial charge is 0.480 e. The van der Waals surface area contributed by atoms with E-state index < -0.39 is 11.6 Å². The molecule has 0 aromatic carbocycles. The van der Waals surface area contributed by atoms with E-state index in [1.54, 1.807) is 25.8 Å². The number of carbonyl (C=O) groups excluding carboxylic acids is 1. The molecular weight excluding hydrogens is 264 g/mol. The van der Waals surface area contributed by atoms with Crippen LogP contribution in [0.3, 0.4) is 0 Å². The molecule has 1 heterocycles. The summed E-state index contributed by atoms with van der Waals surface area (Å²) >= 11 is 0. The molecule has 1 aliphatic heterocycles. The highest BCUT2D eigenvalue weighted by molar-refractivity contribution is 5.74. The maximum absolute atomic E-state index is 12.2. The lowest BCUT2D eigenvalue weighted by molar-refractivity contribution is -0.145. The number of hydrogen-bond donors (Lipinski definition) is 2. The number of likely N-dealkylation sites (N-methyl/N-ethyl adjacent to an activating group) is 1. The van der Waals surface area contributed by atoms with Gasteiger partial charge in [0.1, 0.15) is 6.61 Å². The van der Waals surface area contributed by atoms with Crippen LogP contribution in [0.5, 0.6) is 0 Å². The van der Waals surface area contributed by atoms with Gasteiger partial charge in [0.25, 0.3) is 0 Å². The Morgan fingerprint density at radius 1 is 1.35 bits per heavy atom. The van der Waals surface area contributed by atoms with E-state index in [2.05, 4.69) is 0 Å². The van der Waals surface area contributed by atoms with Crippen LogP contribution < -0.4 is 0 Å². The van der Waals surface area contributed by atoms with Crippen LogP contribution in [0.1, 0.15) is 26.7 Å². The number of amides is 2. The van der Waals surface area contributed by atoms with Crippen LogP contribution in [0.15, 0.2) is 0 Å². The second-order valence-corrected chi connectivity index (χ2v) is 5.84. The summed E-state index contributed by atoms with van der Waals surface area (Å²) in [6.45, 7) is 4.36. The molecule has 0 unspecified atom stereocenters. The summed E-state index contributed by atoms with van der Waals surface area (Å²) in [4.78, 5) is 25.8. The number of carboxylic acids is 1. The number of carboxylic acid groups (broad SMARTS) is 1. The molecule has 1 rings (SSSR count). The zero-order valence-electron chi connectivity index (χ0n) is 12.3. The molecule has 0 atom stereocenters. The van der Waals surface area contributed by atoms with Gasteiger partial charge in [-0.2, -0.15) is 0 Å². The van der Waals surface area contributed by atoms with Crippen molar-refractivity contribution in [3.8, 4) is 0 Å². The topological polar surface area (TPSA) is 90.3 Å². The first-order valence-corrected chi connectivity index (χ1v) is 6.75.